The molecule has 0 aliphatic rings. The highest BCUT2D eigenvalue weighted by Crippen LogP contribution is 2.24. The predicted octanol–water partition coefficient (Wildman–Crippen LogP) is 4.76. The number of nitriles is 1. The van der Waals surface area contributed by atoms with Crippen molar-refractivity contribution in [2.24, 2.45) is 0 Å². The summed E-state index contributed by atoms with van der Waals surface area (Å²) in [5.74, 6) is -0.226. The zero-order valence-electron chi connectivity index (χ0n) is 10.3. The summed E-state index contributed by atoms with van der Waals surface area (Å²) < 4.78 is 0. The summed E-state index contributed by atoms with van der Waals surface area (Å²) in [6.07, 6.45) is 2.88. The molecule has 98 valence electrons. The van der Waals surface area contributed by atoms with Crippen molar-refractivity contribution in [3.05, 3.63) is 75.3 Å². The van der Waals surface area contributed by atoms with Crippen LogP contribution in [0.25, 0.3) is 6.08 Å². The van der Waals surface area contributed by atoms with Crippen LogP contribution in [0.15, 0.2) is 48.5 Å². The fourth-order valence-corrected chi connectivity index (χ4v) is 2.18. The van der Waals surface area contributed by atoms with Gasteiger partial charge in [0.15, 0.2) is 5.78 Å². The van der Waals surface area contributed by atoms with E-state index < -0.39 is 0 Å². The molecule has 0 heterocycles. The molecule has 2 aromatic rings. The van der Waals surface area contributed by atoms with Gasteiger partial charge in [0.1, 0.15) is 0 Å². The Morgan fingerprint density at radius 1 is 1.10 bits per heavy atom. The Bertz CT molecular complexity index is 729. The quantitative estimate of drug-likeness (QED) is 0.606. The Kier molecular flexibility index (Phi) is 4.57. The average Bonchev–Trinajstić information content (AvgIpc) is 2.46. The van der Waals surface area contributed by atoms with Gasteiger partial charge in [0.2, 0.25) is 0 Å². The van der Waals surface area contributed by atoms with Crippen LogP contribution in [0.3, 0.4) is 0 Å². The van der Waals surface area contributed by atoms with Gasteiger partial charge in [-0.25, -0.2) is 0 Å². The van der Waals surface area contributed by atoms with E-state index in [2.05, 4.69) is 0 Å². The topological polar surface area (TPSA) is 40.9 Å². The normalized spacial score (nSPS) is 10.4. The van der Waals surface area contributed by atoms with Gasteiger partial charge in [-0.05, 0) is 35.9 Å². The van der Waals surface area contributed by atoms with Crippen LogP contribution in [0.4, 0.5) is 0 Å². The van der Waals surface area contributed by atoms with E-state index in [-0.39, 0.29) is 5.78 Å². The Balaban J connectivity index is 2.55. The smallest absolute Gasteiger partial charge is 0.195 e. The van der Waals surface area contributed by atoms with Crippen molar-refractivity contribution in [2.45, 2.75) is 0 Å². The van der Waals surface area contributed by atoms with Gasteiger partial charge in [-0.1, -0.05) is 41.4 Å². The van der Waals surface area contributed by atoms with Crippen LogP contribution in [0.1, 0.15) is 21.5 Å². The van der Waals surface area contributed by atoms with Crippen LogP contribution in [-0.4, -0.2) is 5.78 Å². The zero-order valence-corrected chi connectivity index (χ0v) is 11.8. The number of carbonyl (C=O) groups is 1. The largest absolute Gasteiger partial charge is 0.289 e. The van der Waals surface area contributed by atoms with Gasteiger partial charge in [0, 0.05) is 22.2 Å². The standard InChI is InChI=1S/C16H9Cl2NO/c17-12-8-7-11(4-3-9-19)14(10-12)16(20)13-5-1-2-6-15(13)18/h1-8,10H. The van der Waals surface area contributed by atoms with Gasteiger partial charge in [-0.15, -0.1) is 0 Å². The molecular formula is C16H9Cl2NO. The number of nitrogens with zero attached hydrogens (tertiary/aromatic N) is 1. The molecule has 4 heteroatoms. The van der Waals surface area contributed by atoms with E-state index in [1.807, 2.05) is 6.07 Å². The van der Waals surface area contributed by atoms with E-state index in [0.29, 0.717) is 26.7 Å². The highest BCUT2D eigenvalue weighted by atomic mass is 35.5. The van der Waals surface area contributed by atoms with Crippen molar-refractivity contribution in [3.63, 3.8) is 0 Å². The molecule has 0 aliphatic heterocycles. The number of hydrogen-bond acceptors (Lipinski definition) is 2. The Morgan fingerprint density at radius 2 is 1.85 bits per heavy atom. The second-order valence-electron chi connectivity index (χ2n) is 4.00. The molecule has 0 atom stereocenters. The molecule has 0 unspecified atom stereocenters. The second-order valence-corrected chi connectivity index (χ2v) is 4.85. The summed E-state index contributed by atoms with van der Waals surface area (Å²) in [5.41, 5.74) is 1.45. The summed E-state index contributed by atoms with van der Waals surface area (Å²) in [6, 6.07) is 13.6. The third-order valence-corrected chi connectivity index (χ3v) is 3.28. The predicted molar refractivity (Wildman–Crippen MR) is 81.0 cm³/mol. The van der Waals surface area contributed by atoms with Crippen LogP contribution in [0.2, 0.25) is 10.0 Å². The highest BCUT2D eigenvalue weighted by molar-refractivity contribution is 6.35. The van der Waals surface area contributed by atoms with Crippen LogP contribution in [0.5, 0.6) is 0 Å². The molecule has 0 aromatic heterocycles. The fraction of sp³-hybridized carbons (Fsp3) is 0. The number of benzene rings is 2. The number of halogens is 2. The van der Waals surface area contributed by atoms with Crippen molar-refractivity contribution < 1.29 is 4.79 Å². The summed E-state index contributed by atoms with van der Waals surface area (Å²) in [4.78, 5) is 12.5. The van der Waals surface area contributed by atoms with E-state index in [0.717, 1.165) is 0 Å². The van der Waals surface area contributed by atoms with E-state index >= 15 is 0 Å². The molecule has 0 N–H and O–H groups in total. The molecule has 0 spiro atoms. The van der Waals surface area contributed by atoms with Crippen molar-refractivity contribution >= 4 is 35.1 Å². The lowest BCUT2D eigenvalue weighted by atomic mass is 9.98. The van der Waals surface area contributed by atoms with Crippen molar-refractivity contribution in [3.8, 4) is 6.07 Å². The Labute approximate surface area is 126 Å². The third-order valence-electron chi connectivity index (χ3n) is 2.72. The summed E-state index contributed by atoms with van der Waals surface area (Å²) in [7, 11) is 0. The molecule has 0 radical (unpaired) electrons. The number of ketones is 1. The lowest BCUT2D eigenvalue weighted by Gasteiger charge is -2.07. The molecule has 2 aromatic carbocycles. The number of carbonyl (C=O) groups excluding carboxylic acids is 1. The van der Waals surface area contributed by atoms with Gasteiger partial charge >= 0.3 is 0 Å². The first-order valence-electron chi connectivity index (χ1n) is 5.78. The maximum absolute atomic E-state index is 12.5. The van der Waals surface area contributed by atoms with Gasteiger partial charge in [-0.2, -0.15) is 5.26 Å². The van der Waals surface area contributed by atoms with Crippen LogP contribution in [0, 0.1) is 11.3 Å². The van der Waals surface area contributed by atoms with Crippen molar-refractivity contribution in [1.82, 2.24) is 0 Å². The Morgan fingerprint density at radius 3 is 2.55 bits per heavy atom. The fourth-order valence-electron chi connectivity index (χ4n) is 1.79. The summed E-state index contributed by atoms with van der Waals surface area (Å²) >= 11 is 12.0. The summed E-state index contributed by atoms with van der Waals surface area (Å²) in [5, 5.41) is 9.44. The summed E-state index contributed by atoms with van der Waals surface area (Å²) in [6.45, 7) is 0. The number of hydrogen-bond donors (Lipinski definition) is 0. The minimum atomic E-state index is -0.226. The SMILES string of the molecule is N#CC=Cc1ccc(Cl)cc1C(=O)c1ccccc1Cl. The molecule has 20 heavy (non-hydrogen) atoms. The lowest BCUT2D eigenvalue weighted by molar-refractivity contribution is 0.103. The minimum Gasteiger partial charge on any atom is -0.289 e. The molecule has 0 amide bonds. The van der Waals surface area contributed by atoms with Crippen LogP contribution < -0.4 is 0 Å². The van der Waals surface area contributed by atoms with E-state index in [9.17, 15) is 4.79 Å². The van der Waals surface area contributed by atoms with Crippen molar-refractivity contribution in [1.29, 1.82) is 5.26 Å². The van der Waals surface area contributed by atoms with Crippen LogP contribution >= 0.6 is 23.2 Å². The van der Waals surface area contributed by atoms with Crippen molar-refractivity contribution in [2.75, 3.05) is 0 Å². The first-order chi connectivity index (χ1) is 9.63. The third kappa shape index (κ3) is 3.08. The van der Waals surface area contributed by atoms with Gasteiger partial charge in [0.25, 0.3) is 0 Å². The molecule has 2 nitrogen and oxygen atoms in total. The van der Waals surface area contributed by atoms with Gasteiger partial charge in [0.05, 0.1) is 11.1 Å². The highest BCUT2D eigenvalue weighted by Gasteiger charge is 2.15. The average molecular weight is 302 g/mol. The molecule has 0 bridgehead atoms. The molecule has 0 aliphatic carbocycles. The van der Waals surface area contributed by atoms with Gasteiger partial charge in [-0.3, -0.25) is 4.79 Å². The van der Waals surface area contributed by atoms with E-state index in [1.54, 1.807) is 48.5 Å². The lowest BCUT2D eigenvalue weighted by Crippen LogP contribution is -2.04. The molecule has 2 rings (SSSR count). The first kappa shape index (κ1) is 14.3. The number of allylic oxidation sites excluding steroid dienone is 1. The first-order valence-corrected chi connectivity index (χ1v) is 6.54. The van der Waals surface area contributed by atoms with E-state index in [4.69, 9.17) is 28.5 Å². The van der Waals surface area contributed by atoms with E-state index in [1.165, 1.54) is 6.08 Å². The maximum Gasteiger partial charge on any atom is 0.195 e. The molecular weight excluding hydrogens is 293 g/mol. The second kappa shape index (κ2) is 6.38. The molecule has 0 saturated heterocycles. The van der Waals surface area contributed by atoms with Gasteiger partial charge < -0.3 is 0 Å². The molecule has 0 fully saturated rings. The monoisotopic (exact) mass is 301 g/mol. The zero-order chi connectivity index (χ0) is 14.5. The number of rotatable bonds is 3. The Hall–Kier alpha value is -2.08. The van der Waals surface area contributed by atoms with Crippen LogP contribution in [-0.2, 0) is 0 Å². The maximum atomic E-state index is 12.5. The minimum absolute atomic E-state index is 0.226. The molecule has 0 saturated carbocycles.